The van der Waals surface area contributed by atoms with Crippen molar-refractivity contribution in [2.75, 3.05) is 19.7 Å². The lowest BCUT2D eigenvalue weighted by atomic mass is 9.89. The normalized spacial score (nSPS) is 27.0. The molecule has 1 N–H and O–H groups in total. The van der Waals surface area contributed by atoms with Gasteiger partial charge >= 0.3 is 0 Å². The molecular weight excluding hydrogens is 322 g/mol. The Kier molecular flexibility index (Phi) is 4.35. The maximum Gasteiger partial charge on any atom is 0.287 e. The first-order valence-corrected chi connectivity index (χ1v) is 8.75. The Hall–Kier alpha value is -2.12. The maximum absolute atomic E-state index is 12.2. The van der Waals surface area contributed by atoms with E-state index in [4.69, 9.17) is 13.7 Å². The topological polar surface area (TPSA) is 80.7 Å². The summed E-state index contributed by atoms with van der Waals surface area (Å²) in [7, 11) is 0. The smallest absolute Gasteiger partial charge is 0.287 e. The number of amides is 1. The van der Waals surface area contributed by atoms with Crippen LogP contribution in [0.25, 0.3) is 0 Å². The molecule has 7 heteroatoms. The van der Waals surface area contributed by atoms with Gasteiger partial charge in [-0.3, -0.25) is 9.69 Å². The molecule has 4 rings (SSSR count). The fraction of sp³-hybridized carbons (Fsp3) is 0.556. The van der Waals surface area contributed by atoms with Gasteiger partial charge in [-0.15, -0.1) is 0 Å². The van der Waals surface area contributed by atoms with Crippen molar-refractivity contribution in [1.82, 2.24) is 15.4 Å². The molecular formula is C18H23N3O4. The Morgan fingerprint density at radius 3 is 3.20 bits per heavy atom. The number of carbonyl (C=O) groups excluding carboxylic acids is 1. The molecule has 2 aliphatic heterocycles. The van der Waals surface area contributed by atoms with E-state index in [-0.39, 0.29) is 17.6 Å². The number of ether oxygens (including phenoxy) is 1. The summed E-state index contributed by atoms with van der Waals surface area (Å²) >= 11 is 0. The molecule has 2 atom stereocenters. The number of carbonyl (C=O) groups is 1. The van der Waals surface area contributed by atoms with Crippen LogP contribution < -0.4 is 5.32 Å². The van der Waals surface area contributed by atoms with Gasteiger partial charge in [0, 0.05) is 38.3 Å². The highest BCUT2D eigenvalue weighted by molar-refractivity contribution is 5.91. The monoisotopic (exact) mass is 345 g/mol. The second-order valence-electron chi connectivity index (χ2n) is 7.06. The van der Waals surface area contributed by atoms with Crippen LogP contribution in [0.4, 0.5) is 0 Å². The largest absolute Gasteiger partial charge is 0.459 e. The molecule has 0 aliphatic carbocycles. The first-order valence-electron chi connectivity index (χ1n) is 8.75. The van der Waals surface area contributed by atoms with Gasteiger partial charge in [0.05, 0.1) is 17.6 Å². The minimum atomic E-state index is -0.182. The Balaban J connectivity index is 1.35. The molecule has 2 aromatic heterocycles. The highest BCUT2D eigenvalue weighted by atomic mass is 16.5. The van der Waals surface area contributed by atoms with E-state index in [9.17, 15) is 4.79 Å². The maximum atomic E-state index is 12.2. The van der Waals surface area contributed by atoms with Gasteiger partial charge in [0.2, 0.25) is 0 Å². The van der Waals surface area contributed by atoms with Crippen molar-refractivity contribution in [3.05, 3.63) is 41.7 Å². The lowest BCUT2D eigenvalue weighted by Crippen LogP contribution is -2.49. The predicted molar refractivity (Wildman–Crippen MR) is 89.0 cm³/mol. The number of nitrogens with zero attached hydrogens (tertiary/aromatic N) is 2. The van der Waals surface area contributed by atoms with Crippen molar-refractivity contribution in [3.8, 4) is 0 Å². The van der Waals surface area contributed by atoms with E-state index in [1.54, 1.807) is 12.1 Å². The van der Waals surface area contributed by atoms with Crippen LogP contribution in [0.1, 0.15) is 41.3 Å². The van der Waals surface area contributed by atoms with E-state index < -0.39 is 0 Å². The van der Waals surface area contributed by atoms with Crippen LogP contribution in [-0.4, -0.2) is 47.3 Å². The van der Waals surface area contributed by atoms with Crippen LogP contribution in [0.15, 0.2) is 33.4 Å². The van der Waals surface area contributed by atoms with Crippen molar-refractivity contribution in [2.24, 2.45) is 0 Å². The Labute approximate surface area is 146 Å². The lowest BCUT2D eigenvalue weighted by Gasteiger charge is -2.38. The van der Waals surface area contributed by atoms with Gasteiger partial charge in [0.25, 0.3) is 5.91 Å². The van der Waals surface area contributed by atoms with Crippen LogP contribution in [0.2, 0.25) is 0 Å². The van der Waals surface area contributed by atoms with Gasteiger partial charge in [-0.2, -0.15) is 0 Å². The van der Waals surface area contributed by atoms with Gasteiger partial charge in [-0.25, -0.2) is 0 Å². The highest BCUT2D eigenvalue weighted by Gasteiger charge is 2.43. The summed E-state index contributed by atoms with van der Waals surface area (Å²) in [6.45, 7) is 5.15. The quantitative estimate of drug-likeness (QED) is 0.914. The van der Waals surface area contributed by atoms with E-state index in [1.165, 1.54) is 6.26 Å². The molecule has 2 aromatic rings. The summed E-state index contributed by atoms with van der Waals surface area (Å²) < 4.78 is 16.5. The summed E-state index contributed by atoms with van der Waals surface area (Å²) in [4.78, 5) is 14.6. The molecule has 0 radical (unpaired) electrons. The molecule has 0 saturated carbocycles. The molecule has 7 nitrogen and oxygen atoms in total. The van der Waals surface area contributed by atoms with E-state index in [2.05, 4.69) is 15.4 Å². The van der Waals surface area contributed by atoms with E-state index >= 15 is 0 Å². The van der Waals surface area contributed by atoms with Crippen LogP contribution >= 0.6 is 0 Å². The third kappa shape index (κ3) is 3.62. The molecule has 134 valence electrons. The average molecular weight is 345 g/mol. The van der Waals surface area contributed by atoms with Gasteiger partial charge in [-0.05, 0) is 38.3 Å². The van der Waals surface area contributed by atoms with E-state index in [0.29, 0.717) is 12.4 Å². The fourth-order valence-electron chi connectivity index (χ4n) is 3.88. The van der Waals surface area contributed by atoms with Crippen LogP contribution in [0.3, 0.4) is 0 Å². The summed E-state index contributed by atoms with van der Waals surface area (Å²) in [5.74, 6) is 1.04. The predicted octanol–water partition coefficient (Wildman–Crippen LogP) is 2.13. The zero-order valence-corrected chi connectivity index (χ0v) is 14.4. The minimum Gasteiger partial charge on any atom is -0.459 e. The zero-order valence-electron chi connectivity index (χ0n) is 14.4. The summed E-state index contributed by atoms with van der Waals surface area (Å²) in [6, 6.07) is 5.49. The zero-order chi connectivity index (χ0) is 17.3. The van der Waals surface area contributed by atoms with Crippen LogP contribution in [0, 0.1) is 6.92 Å². The number of hydrogen-bond donors (Lipinski definition) is 1. The number of aryl methyl sites for hydroxylation is 1. The third-order valence-electron chi connectivity index (χ3n) is 5.03. The van der Waals surface area contributed by atoms with Gasteiger partial charge in [0.15, 0.2) is 5.76 Å². The molecule has 2 fully saturated rings. The Morgan fingerprint density at radius 2 is 2.44 bits per heavy atom. The molecule has 4 heterocycles. The molecule has 25 heavy (non-hydrogen) atoms. The minimum absolute atomic E-state index is 0.112. The van der Waals surface area contributed by atoms with Crippen molar-refractivity contribution < 1.29 is 18.5 Å². The molecule has 1 spiro atoms. The molecule has 0 bridgehead atoms. The van der Waals surface area contributed by atoms with E-state index in [0.717, 1.165) is 50.4 Å². The number of furan rings is 1. The van der Waals surface area contributed by atoms with Crippen molar-refractivity contribution in [1.29, 1.82) is 0 Å². The van der Waals surface area contributed by atoms with Crippen molar-refractivity contribution in [3.63, 3.8) is 0 Å². The number of likely N-dealkylation sites (tertiary alicyclic amines) is 1. The number of nitrogens with one attached hydrogen (secondary N) is 1. The van der Waals surface area contributed by atoms with Gasteiger partial charge in [-0.1, -0.05) is 5.16 Å². The fourth-order valence-corrected chi connectivity index (χ4v) is 3.88. The van der Waals surface area contributed by atoms with Crippen molar-refractivity contribution >= 4 is 5.91 Å². The first-order chi connectivity index (χ1) is 12.1. The van der Waals surface area contributed by atoms with Crippen molar-refractivity contribution in [2.45, 2.75) is 44.4 Å². The molecule has 2 aliphatic rings. The Morgan fingerprint density at radius 1 is 1.52 bits per heavy atom. The SMILES string of the molecule is Cc1cc(CN2CC[C@@]3(C[C@@H](NC(=O)c4ccco4)CCO3)C2)no1. The summed E-state index contributed by atoms with van der Waals surface area (Å²) in [5, 5.41) is 7.15. The highest BCUT2D eigenvalue weighted by Crippen LogP contribution is 2.35. The molecule has 0 aromatic carbocycles. The van der Waals surface area contributed by atoms with Crippen LogP contribution in [-0.2, 0) is 11.3 Å². The average Bonchev–Trinajstić information content (AvgIpc) is 3.31. The van der Waals surface area contributed by atoms with Gasteiger partial charge in [0.1, 0.15) is 5.76 Å². The molecule has 0 unspecified atom stereocenters. The van der Waals surface area contributed by atoms with E-state index in [1.807, 2.05) is 13.0 Å². The number of aromatic nitrogens is 1. The molecule has 1 amide bonds. The molecule has 2 saturated heterocycles. The van der Waals surface area contributed by atoms with Gasteiger partial charge < -0.3 is 19.0 Å². The third-order valence-corrected chi connectivity index (χ3v) is 5.03. The lowest BCUT2D eigenvalue weighted by molar-refractivity contribution is -0.0794. The van der Waals surface area contributed by atoms with Crippen LogP contribution in [0.5, 0.6) is 0 Å². The first kappa shape index (κ1) is 16.4. The second kappa shape index (κ2) is 6.65. The number of hydrogen-bond acceptors (Lipinski definition) is 6. The number of rotatable bonds is 4. The standard InChI is InChI=1S/C18H23N3O4/c1-13-9-15(20-25-13)11-21-6-5-18(12-21)10-14(4-8-24-18)19-17(22)16-3-2-7-23-16/h2-3,7,9,14H,4-6,8,10-12H2,1H3,(H,19,22)/t14-,18+/m0/s1. The second-order valence-corrected chi connectivity index (χ2v) is 7.06. The summed E-state index contributed by atoms with van der Waals surface area (Å²) in [6.07, 6.45) is 4.14. The Bertz CT molecular complexity index is 727. The summed E-state index contributed by atoms with van der Waals surface area (Å²) in [5.41, 5.74) is 0.769.